The summed E-state index contributed by atoms with van der Waals surface area (Å²) in [5.41, 5.74) is 7.99. The molecule has 2 N–H and O–H groups in total. The van der Waals surface area contributed by atoms with E-state index in [9.17, 15) is 0 Å². The molecule has 0 saturated carbocycles. The number of pyridine rings is 1. The average Bonchev–Trinajstić information content (AvgIpc) is 2.40. The lowest BCUT2D eigenvalue weighted by Crippen LogP contribution is -2.48. The standard InChI is InChI=1S/C14H23N3O/c1-3-13-10-18-11(2)8-17(13)9-12-5-4-6-16-14(12)7-15/h4-6,11,13H,3,7-10,15H2,1-2H3. The zero-order valence-corrected chi connectivity index (χ0v) is 11.3. The summed E-state index contributed by atoms with van der Waals surface area (Å²) in [7, 11) is 0. The summed E-state index contributed by atoms with van der Waals surface area (Å²) in [5.74, 6) is 0. The molecule has 0 aliphatic carbocycles. The van der Waals surface area contributed by atoms with Gasteiger partial charge in [0, 0.05) is 31.9 Å². The summed E-state index contributed by atoms with van der Waals surface area (Å²) in [6, 6.07) is 4.62. The molecule has 2 heterocycles. The zero-order valence-electron chi connectivity index (χ0n) is 11.3. The number of morpholine rings is 1. The van der Waals surface area contributed by atoms with E-state index in [-0.39, 0.29) is 0 Å². The van der Waals surface area contributed by atoms with Crippen molar-refractivity contribution in [3.05, 3.63) is 29.6 Å². The van der Waals surface area contributed by atoms with Crippen LogP contribution in [0.2, 0.25) is 0 Å². The molecule has 4 heteroatoms. The minimum absolute atomic E-state index is 0.311. The lowest BCUT2D eigenvalue weighted by Gasteiger charge is -2.38. The summed E-state index contributed by atoms with van der Waals surface area (Å²) >= 11 is 0. The van der Waals surface area contributed by atoms with E-state index in [1.807, 2.05) is 12.3 Å². The van der Waals surface area contributed by atoms with Crippen LogP contribution in [0.1, 0.15) is 31.5 Å². The average molecular weight is 249 g/mol. The van der Waals surface area contributed by atoms with Crippen molar-refractivity contribution in [3.8, 4) is 0 Å². The van der Waals surface area contributed by atoms with E-state index in [4.69, 9.17) is 10.5 Å². The molecule has 2 atom stereocenters. The van der Waals surface area contributed by atoms with Crippen molar-refractivity contribution in [1.82, 2.24) is 9.88 Å². The molecule has 18 heavy (non-hydrogen) atoms. The van der Waals surface area contributed by atoms with Crippen LogP contribution in [0.5, 0.6) is 0 Å². The molecule has 1 fully saturated rings. The van der Waals surface area contributed by atoms with Crippen molar-refractivity contribution in [2.45, 2.75) is 45.5 Å². The first-order valence-electron chi connectivity index (χ1n) is 6.73. The van der Waals surface area contributed by atoms with E-state index in [1.54, 1.807) is 0 Å². The van der Waals surface area contributed by atoms with Gasteiger partial charge in [0.25, 0.3) is 0 Å². The minimum atomic E-state index is 0.311. The van der Waals surface area contributed by atoms with Crippen molar-refractivity contribution in [2.24, 2.45) is 5.73 Å². The molecule has 1 aromatic heterocycles. The number of aromatic nitrogens is 1. The van der Waals surface area contributed by atoms with Crippen molar-refractivity contribution in [1.29, 1.82) is 0 Å². The van der Waals surface area contributed by atoms with Crippen LogP contribution < -0.4 is 5.73 Å². The van der Waals surface area contributed by atoms with Crippen LogP contribution in [0.3, 0.4) is 0 Å². The second-order valence-corrected chi connectivity index (χ2v) is 4.95. The summed E-state index contributed by atoms with van der Waals surface area (Å²) in [6.07, 6.45) is 3.24. The Bertz CT molecular complexity index is 383. The highest BCUT2D eigenvalue weighted by atomic mass is 16.5. The van der Waals surface area contributed by atoms with Gasteiger partial charge in [0.1, 0.15) is 0 Å². The Balaban J connectivity index is 2.10. The second-order valence-electron chi connectivity index (χ2n) is 4.95. The fourth-order valence-electron chi connectivity index (χ4n) is 2.50. The van der Waals surface area contributed by atoms with Gasteiger partial charge in [-0.05, 0) is 25.0 Å². The van der Waals surface area contributed by atoms with Crippen LogP contribution in [-0.2, 0) is 17.8 Å². The number of hydrogen-bond donors (Lipinski definition) is 1. The Labute approximate surface area is 109 Å². The maximum atomic E-state index is 5.74. The lowest BCUT2D eigenvalue weighted by atomic mass is 10.1. The molecule has 0 radical (unpaired) electrons. The van der Waals surface area contributed by atoms with Crippen molar-refractivity contribution >= 4 is 0 Å². The van der Waals surface area contributed by atoms with Gasteiger partial charge >= 0.3 is 0 Å². The molecule has 1 aromatic rings. The van der Waals surface area contributed by atoms with Gasteiger partial charge in [0.05, 0.1) is 18.4 Å². The van der Waals surface area contributed by atoms with Gasteiger partial charge in [-0.3, -0.25) is 9.88 Å². The maximum Gasteiger partial charge on any atom is 0.0674 e. The van der Waals surface area contributed by atoms with E-state index < -0.39 is 0 Å². The quantitative estimate of drug-likeness (QED) is 0.879. The summed E-state index contributed by atoms with van der Waals surface area (Å²) in [4.78, 5) is 6.84. The minimum Gasteiger partial charge on any atom is -0.376 e. The van der Waals surface area contributed by atoms with Gasteiger partial charge in [0.2, 0.25) is 0 Å². The normalized spacial score (nSPS) is 25.3. The first-order chi connectivity index (χ1) is 8.74. The fourth-order valence-corrected chi connectivity index (χ4v) is 2.50. The van der Waals surface area contributed by atoms with Crippen LogP contribution in [0, 0.1) is 0 Å². The van der Waals surface area contributed by atoms with Gasteiger partial charge < -0.3 is 10.5 Å². The van der Waals surface area contributed by atoms with Gasteiger partial charge in [-0.2, -0.15) is 0 Å². The van der Waals surface area contributed by atoms with Gasteiger partial charge in [-0.15, -0.1) is 0 Å². The molecular weight excluding hydrogens is 226 g/mol. The van der Waals surface area contributed by atoms with E-state index >= 15 is 0 Å². The molecule has 2 unspecified atom stereocenters. The molecule has 0 spiro atoms. The Morgan fingerprint density at radius 3 is 3.11 bits per heavy atom. The Kier molecular flexibility index (Phi) is 4.69. The second kappa shape index (κ2) is 6.27. The number of ether oxygens (including phenoxy) is 1. The van der Waals surface area contributed by atoms with E-state index in [1.165, 1.54) is 5.56 Å². The fraction of sp³-hybridized carbons (Fsp3) is 0.643. The van der Waals surface area contributed by atoms with Crippen LogP contribution in [0.25, 0.3) is 0 Å². The molecule has 4 nitrogen and oxygen atoms in total. The van der Waals surface area contributed by atoms with Crippen LogP contribution in [0.15, 0.2) is 18.3 Å². The zero-order chi connectivity index (χ0) is 13.0. The van der Waals surface area contributed by atoms with E-state index in [2.05, 4.69) is 29.8 Å². The molecule has 2 rings (SSSR count). The molecule has 0 bridgehead atoms. The molecule has 1 saturated heterocycles. The summed E-state index contributed by atoms with van der Waals surface area (Å²) in [6.45, 7) is 7.59. The Morgan fingerprint density at radius 2 is 2.39 bits per heavy atom. The lowest BCUT2D eigenvalue weighted by molar-refractivity contribution is -0.0593. The smallest absolute Gasteiger partial charge is 0.0674 e. The third-order valence-corrected chi connectivity index (χ3v) is 3.60. The molecular formula is C14H23N3O. The maximum absolute atomic E-state index is 5.74. The van der Waals surface area contributed by atoms with Gasteiger partial charge in [-0.25, -0.2) is 0 Å². The largest absolute Gasteiger partial charge is 0.376 e. The first-order valence-corrected chi connectivity index (χ1v) is 6.73. The first kappa shape index (κ1) is 13.5. The number of hydrogen-bond acceptors (Lipinski definition) is 4. The van der Waals surface area contributed by atoms with Gasteiger partial charge in [0.15, 0.2) is 0 Å². The molecule has 100 valence electrons. The molecule has 1 aliphatic rings. The topological polar surface area (TPSA) is 51.4 Å². The third kappa shape index (κ3) is 3.07. The summed E-state index contributed by atoms with van der Waals surface area (Å²) < 4.78 is 5.72. The summed E-state index contributed by atoms with van der Waals surface area (Å²) in [5, 5.41) is 0. The third-order valence-electron chi connectivity index (χ3n) is 3.60. The number of nitrogens with zero attached hydrogens (tertiary/aromatic N) is 2. The number of rotatable bonds is 4. The van der Waals surface area contributed by atoms with Crippen LogP contribution >= 0.6 is 0 Å². The van der Waals surface area contributed by atoms with E-state index in [0.717, 1.165) is 31.8 Å². The predicted octanol–water partition coefficient (Wildman–Crippen LogP) is 1.54. The van der Waals surface area contributed by atoms with Crippen molar-refractivity contribution in [3.63, 3.8) is 0 Å². The highest BCUT2D eigenvalue weighted by Gasteiger charge is 2.25. The monoisotopic (exact) mass is 249 g/mol. The molecule has 0 aromatic carbocycles. The number of nitrogens with two attached hydrogens (primary N) is 1. The van der Waals surface area contributed by atoms with Crippen molar-refractivity contribution in [2.75, 3.05) is 13.2 Å². The van der Waals surface area contributed by atoms with Crippen LogP contribution in [0.4, 0.5) is 0 Å². The van der Waals surface area contributed by atoms with Crippen molar-refractivity contribution < 1.29 is 4.74 Å². The SMILES string of the molecule is CCC1COC(C)CN1Cc1cccnc1CN. The van der Waals surface area contributed by atoms with E-state index in [0.29, 0.717) is 18.7 Å². The van der Waals surface area contributed by atoms with Crippen LogP contribution in [-0.4, -0.2) is 35.2 Å². The molecule has 1 aliphatic heterocycles. The Hall–Kier alpha value is -0.970. The highest BCUT2D eigenvalue weighted by Crippen LogP contribution is 2.18. The Morgan fingerprint density at radius 1 is 1.56 bits per heavy atom. The molecule has 0 amide bonds. The highest BCUT2D eigenvalue weighted by molar-refractivity contribution is 5.19. The van der Waals surface area contributed by atoms with Gasteiger partial charge in [-0.1, -0.05) is 13.0 Å². The predicted molar refractivity (Wildman–Crippen MR) is 72.0 cm³/mol.